The minimum absolute atomic E-state index is 0.0741. The number of carbonyl (C=O) groups is 3. The number of esters is 1. The van der Waals surface area contributed by atoms with Crippen molar-refractivity contribution in [3.63, 3.8) is 0 Å². The Hall–Kier alpha value is -3.29. The van der Waals surface area contributed by atoms with Gasteiger partial charge in [0, 0.05) is 25.3 Å². The normalized spacial score (nSPS) is 16.0. The highest BCUT2D eigenvalue weighted by atomic mass is 16.5. The molecule has 0 bridgehead atoms. The Kier molecular flexibility index (Phi) is 6.99. The van der Waals surface area contributed by atoms with Crippen LogP contribution >= 0.6 is 0 Å². The van der Waals surface area contributed by atoms with Crippen molar-refractivity contribution in [3.8, 4) is 5.75 Å². The summed E-state index contributed by atoms with van der Waals surface area (Å²) in [5, 5.41) is 2.96. The summed E-state index contributed by atoms with van der Waals surface area (Å²) < 4.78 is 10.0. The van der Waals surface area contributed by atoms with Gasteiger partial charge in [-0.2, -0.15) is 0 Å². The first-order valence-electron chi connectivity index (χ1n) is 10.3. The van der Waals surface area contributed by atoms with E-state index in [1.165, 1.54) is 7.11 Å². The number of likely N-dealkylation sites (tertiary alicyclic amines) is 1. The lowest BCUT2D eigenvalue weighted by Crippen LogP contribution is -2.45. The molecule has 2 aromatic rings. The second-order valence-corrected chi connectivity index (χ2v) is 7.78. The SMILES string of the molecule is COC(=O)c1c(C)[nH]c(C(=O)N2CCCC(C(=O)NCc3cccc(OC)c3)C2)c1C. The molecule has 31 heavy (non-hydrogen) atoms. The molecule has 8 heteroatoms. The Morgan fingerprint density at radius 2 is 2.00 bits per heavy atom. The Morgan fingerprint density at radius 1 is 1.23 bits per heavy atom. The van der Waals surface area contributed by atoms with E-state index in [1.54, 1.807) is 25.9 Å². The molecular weight excluding hydrogens is 398 g/mol. The van der Waals surface area contributed by atoms with E-state index in [4.69, 9.17) is 9.47 Å². The zero-order valence-electron chi connectivity index (χ0n) is 18.4. The van der Waals surface area contributed by atoms with Crippen LogP contribution in [0.5, 0.6) is 5.75 Å². The first-order chi connectivity index (χ1) is 14.8. The lowest BCUT2D eigenvalue weighted by atomic mass is 9.96. The highest BCUT2D eigenvalue weighted by Crippen LogP contribution is 2.24. The standard InChI is InChI=1S/C23H29N3O5/c1-14-19(23(29)31-4)15(2)25-20(14)22(28)26-10-6-8-17(13-26)21(27)24-12-16-7-5-9-18(11-16)30-3/h5,7,9,11,17,25H,6,8,10,12-13H2,1-4H3,(H,24,27). The summed E-state index contributed by atoms with van der Waals surface area (Å²) in [7, 11) is 2.92. The zero-order valence-corrected chi connectivity index (χ0v) is 18.4. The number of rotatable bonds is 6. The van der Waals surface area contributed by atoms with Crippen LogP contribution in [0.15, 0.2) is 24.3 Å². The van der Waals surface area contributed by atoms with E-state index in [2.05, 4.69) is 10.3 Å². The van der Waals surface area contributed by atoms with Crippen LogP contribution in [0.3, 0.4) is 0 Å². The molecule has 0 aliphatic carbocycles. The molecule has 2 N–H and O–H groups in total. The highest BCUT2D eigenvalue weighted by Gasteiger charge is 2.31. The summed E-state index contributed by atoms with van der Waals surface area (Å²) in [6.07, 6.45) is 1.47. The van der Waals surface area contributed by atoms with Crippen molar-refractivity contribution in [2.24, 2.45) is 5.92 Å². The van der Waals surface area contributed by atoms with Crippen LogP contribution in [0.1, 0.15) is 50.5 Å². The van der Waals surface area contributed by atoms with Crippen LogP contribution in [0.4, 0.5) is 0 Å². The molecule has 0 spiro atoms. The largest absolute Gasteiger partial charge is 0.497 e. The number of hydrogen-bond acceptors (Lipinski definition) is 5. The molecule has 1 unspecified atom stereocenters. The monoisotopic (exact) mass is 427 g/mol. The maximum Gasteiger partial charge on any atom is 0.339 e. The average molecular weight is 428 g/mol. The lowest BCUT2D eigenvalue weighted by molar-refractivity contribution is -0.126. The maximum absolute atomic E-state index is 13.1. The van der Waals surface area contributed by atoms with Crippen molar-refractivity contribution in [2.75, 3.05) is 27.3 Å². The molecule has 1 saturated heterocycles. The van der Waals surface area contributed by atoms with Crippen LogP contribution in [0.25, 0.3) is 0 Å². The van der Waals surface area contributed by atoms with Gasteiger partial charge in [0.05, 0.1) is 25.7 Å². The number of aromatic nitrogens is 1. The second kappa shape index (κ2) is 9.68. The number of benzene rings is 1. The molecule has 1 atom stereocenters. The third-order valence-electron chi connectivity index (χ3n) is 5.72. The third kappa shape index (κ3) is 4.90. The molecular formula is C23H29N3O5. The van der Waals surface area contributed by atoms with Crippen LogP contribution < -0.4 is 10.1 Å². The molecule has 166 valence electrons. The molecule has 1 aliphatic rings. The molecule has 2 heterocycles. The van der Waals surface area contributed by atoms with E-state index in [0.29, 0.717) is 42.1 Å². The fourth-order valence-corrected chi connectivity index (χ4v) is 4.02. The van der Waals surface area contributed by atoms with E-state index >= 15 is 0 Å². The van der Waals surface area contributed by atoms with Gasteiger partial charge < -0.3 is 24.7 Å². The first kappa shape index (κ1) is 22.4. The molecule has 8 nitrogen and oxygen atoms in total. The number of aromatic amines is 1. The molecule has 1 aliphatic heterocycles. The summed E-state index contributed by atoms with van der Waals surface area (Å²) in [6, 6.07) is 7.54. The molecule has 1 aromatic heterocycles. The van der Waals surface area contributed by atoms with Crippen LogP contribution in [-0.2, 0) is 16.1 Å². The van der Waals surface area contributed by atoms with Gasteiger partial charge in [-0.05, 0) is 49.9 Å². The van der Waals surface area contributed by atoms with E-state index in [9.17, 15) is 14.4 Å². The molecule has 3 rings (SSSR count). The minimum atomic E-state index is -0.473. The number of hydrogen-bond donors (Lipinski definition) is 2. The van der Waals surface area contributed by atoms with Crippen molar-refractivity contribution in [1.29, 1.82) is 0 Å². The predicted molar refractivity (Wildman–Crippen MR) is 115 cm³/mol. The highest BCUT2D eigenvalue weighted by molar-refractivity contribution is 6.00. The van der Waals surface area contributed by atoms with Gasteiger partial charge in [-0.1, -0.05) is 12.1 Å². The van der Waals surface area contributed by atoms with E-state index in [0.717, 1.165) is 24.2 Å². The summed E-state index contributed by atoms with van der Waals surface area (Å²) in [6.45, 7) is 4.78. The second-order valence-electron chi connectivity index (χ2n) is 7.78. The lowest BCUT2D eigenvalue weighted by Gasteiger charge is -2.32. The topological polar surface area (TPSA) is 101 Å². The Morgan fingerprint density at radius 3 is 2.71 bits per heavy atom. The van der Waals surface area contributed by atoms with Gasteiger partial charge in [-0.15, -0.1) is 0 Å². The number of aryl methyl sites for hydroxylation is 1. The van der Waals surface area contributed by atoms with Crippen LogP contribution in [0.2, 0.25) is 0 Å². The smallest absolute Gasteiger partial charge is 0.339 e. The Labute approximate surface area is 181 Å². The fraction of sp³-hybridized carbons (Fsp3) is 0.435. The number of ether oxygens (including phenoxy) is 2. The number of carbonyl (C=O) groups excluding carboxylic acids is 3. The zero-order chi connectivity index (χ0) is 22.5. The fourth-order valence-electron chi connectivity index (χ4n) is 4.02. The maximum atomic E-state index is 13.1. The molecule has 1 aromatic carbocycles. The van der Waals surface area contributed by atoms with Gasteiger partial charge >= 0.3 is 5.97 Å². The third-order valence-corrected chi connectivity index (χ3v) is 5.72. The van der Waals surface area contributed by atoms with Crippen LogP contribution in [-0.4, -0.2) is 55.0 Å². The number of methoxy groups -OCH3 is 2. The quantitative estimate of drug-likeness (QED) is 0.690. The van der Waals surface area contributed by atoms with Gasteiger partial charge in [0.1, 0.15) is 11.4 Å². The van der Waals surface area contributed by atoms with Crippen molar-refractivity contribution < 1.29 is 23.9 Å². The number of H-pyrrole nitrogens is 1. The van der Waals surface area contributed by atoms with Gasteiger partial charge in [-0.25, -0.2) is 4.79 Å². The van der Waals surface area contributed by atoms with Gasteiger partial charge in [0.15, 0.2) is 0 Å². The van der Waals surface area contributed by atoms with E-state index < -0.39 is 5.97 Å². The van der Waals surface area contributed by atoms with Crippen molar-refractivity contribution >= 4 is 17.8 Å². The van der Waals surface area contributed by atoms with Crippen molar-refractivity contribution in [3.05, 3.63) is 52.3 Å². The molecule has 1 fully saturated rings. The van der Waals surface area contributed by atoms with Crippen molar-refractivity contribution in [2.45, 2.75) is 33.2 Å². The molecule has 0 saturated carbocycles. The number of nitrogens with zero attached hydrogens (tertiary/aromatic N) is 1. The van der Waals surface area contributed by atoms with Gasteiger partial charge in [0.25, 0.3) is 5.91 Å². The number of amides is 2. The summed E-state index contributed by atoms with van der Waals surface area (Å²) in [5.41, 5.74) is 2.87. The Bertz CT molecular complexity index is 982. The van der Waals surface area contributed by atoms with Crippen molar-refractivity contribution in [1.82, 2.24) is 15.2 Å². The van der Waals surface area contributed by atoms with Gasteiger partial charge in [-0.3, -0.25) is 9.59 Å². The average Bonchev–Trinajstić information content (AvgIpc) is 3.10. The molecule has 0 radical (unpaired) electrons. The Balaban J connectivity index is 1.65. The van der Waals surface area contributed by atoms with Crippen LogP contribution in [0, 0.1) is 19.8 Å². The van der Waals surface area contributed by atoms with E-state index in [1.807, 2.05) is 24.3 Å². The number of piperidine rings is 1. The van der Waals surface area contributed by atoms with Gasteiger partial charge in [0.2, 0.25) is 5.91 Å². The minimum Gasteiger partial charge on any atom is -0.497 e. The first-order valence-corrected chi connectivity index (χ1v) is 10.3. The predicted octanol–water partition coefficient (Wildman–Crippen LogP) is 2.60. The summed E-state index contributed by atoms with van der Waals surface area (Å²) in [5.74, 6) is -0.293. The number of nitrogens with one attached hydrogen (secondary N) is 2. The van der Waals surface area contributed by atoms with E-state index in [-0.39, 0.29) is 17.7 Å². The summed E-state index contributed by atoms with van der Waals surface area (Å²) in [4.78, 5) is 42.6. The summed E-state index contributed by atoms with van der Waals surface area (Å²) >= 11 is 0. The molecule has 2 amide bonds.